The molecular formula is C30H26N4O2. The lowest BCUT2D eigenvalue weighted by molar-refractivity contribution is -0.108. The highest BCUT2D eigenvalue weighted by Gasteiger charge is 2.32. The third kappa shape index (κ3) is 3.57. The third-order valence-electron chi connectivity index (χ3n) is 7.34. The molecule has 0 fully saturated rings. The number of Topliss-reactive ketones (excluding diaryl/α,β-unsaturated/α-hetero) is 1. The maximum atomic E-state index is 13.0. The zero-order chi connectivity index (χ0) is 24.8. The maximum Gasteiger partial charge on any atom is 0.204 e. The molecule has 2 aromatic carbocycles. The van der Waals surface area contributed by atoms with Crippen molar-refractivity contribution in [1.29, 1.82) is 0 Å². The van der Waals surface area contributed by atoms with Crippen LogP contribution < -0.4 is 0 Å². The SMILES string of the molecule is Cc1nccn1CC1CCc2c(c3ccccc3n2C)C1=O.O=C1C=CC=C2C1=Nc1ccccc12. The smallest absolute Gasteiger partial charge is 0.204 e. The first-order valence-corrected chi connectivity index (χ1v) is 12.2. The first-order valence-electron chi connectivity index (χ1n) is 12.2. The summed E-state index contributed by atoms with van der Waals surface area (Å²) in [6.07, 6.45) is 10.9. The van der Waals surface area contributed by atoms with Crippen LogP contribution in [-0.2, 0) is 24.8 Å². The van der Waals surface area contributed by atoms with E-state index >= 15 is 0 Å². The number of aromatic nitrogens is 3. The standard InChI is InChI=1S/C18H19N3O.C12H7NO/c1-12-19-9-10-21(12)11-13-7-8-16-17(18(13)22)14-5-3-4-6-15(14)20(16)2;14-11-7-3-5-9-8-4-1-2-6-10(8)13-12(9)11/h3-6,9-10,13H,7-8,11H2,1-2H3;1-7H. The van der Waals surface area contributed by atoms with Gasteiger partial charge < -0.3 is 9.13 Å². The Bertz CT molecular complexity index is 1630. The number of rotatable bonds is 2. The number of para-hydroxylation sites is 2. The summed E-state index contributed by atoms with van der Waals surface area (Å²) in [7, 11) is 2.06. The summed E-state index contributed by atoms with van der Waals surface area (Å²) in [6, 6.07) is 16.0. The van der Waals surface area contributed by atoms with Gasteiger partial charge in [0, 0.05) is 65.2 Å². The van der Waals surface area contributed by atoms with Crippen LogP contribution in [0.3, 0.4) is 0 Å². The fourth-order valence-corrected chi connectivity index (χ4v) is 5.44. The summed E-state index contributed by atoms with van der Waals surface area (Å²) in [6.45, 7) is 2.71. The van der Waals surface area contributed by atoms with Gasteiger partial charge in [-0.2, -0.15) is 0 Å². The van der Waals surface area contributed by atoms with Crippen LogP contribution in [0.25, 0.3) is 16.5 Å². The fourth-order valence-electron chi connectivity index (χ4n) is 5.44. The van der Waals surface area contributed by atoms with Crippen LogP contribution in [-0.4, -0.2) is 31.4 Å². The molecule has 0 bridgehead atoms. The summed E-state index contributed by atoms with van der Waals surface area (Å²) < 4.78 is 4.26. The molecule has 6 heteroatoms. The molecule has 2 aliphatic carbocycles. The Morgan fingerprint density at radius 1 is 1.06 bits per heavy atom. The number of imidazole rings is 1. The van der Waals surface area contributed by atoms with E-state index in [4.69, 9.17) is 0 Å². The van der Waals surface area contributed by atoms with E-state index in [0.717, 1.165) is 58.5 Å². The van der Waals surface area contributed by atoms with Crippen LogP contribution in [0, 0.1) is 12.8 Å². The molecule has 3 heterocycles. The van der Waals surface area contributed by atoms with E-state index in [-0.39, 0.29) is 17.5 Å². The summed E-state index contributed by atoms with van der Waals surface area (Å²) in [5, 5.41) is 1.09. The Hall–Kier alpha value is -4.32. The number of allylic oxidation sites excluding steroid dienone is 4. The van der Waals surface area contributed by atoms with Crippen molar-refractivity contribution in [3.63, 3.8) is 0 Å². The van der Waals surface area contributed by atoms with Crippen molar-refractivity contribution in [2.45, 2.75) is 26.3 Å². The van der Waals surface area contributed by atoms with Crippen molar-refractivity contribution >= 4 is 39.4 Å². The molecule has 2 aromatic heterocycles. The molecular weight excluding hydrogens is 448 g/mol. The number of aryl methyl sites for hydroxylation is 2. The number of aliphatic imine (C=N–C) groups is 1. The van der Waals surface area contributed by atoms with Gasteiger partial charge in [0.15, 0.2) is 5.78 Å². The van der Waals surface area contributed by atoms with Gasteiger partial charge in [-0.15, -0.1) is 0 Å². The molecule has 6 nitrogen and oxygen atoms in total. The molecule has 3 aliphatic rings. The molecule has 0 saturated heterocycles. The van der Waals surface area contributed by atoms with Crippen molar-refractivity contribution in [2.75, 3.05) is 0 Å². The zero-order valence-electron chi connectivity index (χ0n) is 20.3. The van der Waals surface area contributed by atoms with Crippen LogP contribution in [0.2, 0.25) is 0 Å². The van der Waals surface area contributed by atoms with Crippen molar-refractivity contribution in [2.24, 2.45) is 18.0 Å². The molecule has 1 atom stereocenters. The average molecular weight is 475 g/mol. The lowest BCUT2D eigenvalue weighted by Gasteiger charge is -2.23. The minimum atomic E-state index is -0.00120. The lowest BCUT2D eigenvalue weighted by Crippen LogP contribution is -2.27. The van der Waals surface area contributed by atoms with E-state index in [1.54, 1.807) is 18.3 Å². The zero-order valence-corrected chi connectivity index (χ0v) is 20.3. The van der Waals surface area contributed by atoms with Crippen molar-refractivity contribution in [3.8, 4) is 0 Å². The number of carbonyl (C=O) groups excluding carboxylic acids is 2. The second-order valence-electron chi connectivity index (χ2n) is 9.41. The molecule has 0 spiro atoms. The van der Waals surface area contributed by atoms with Crippen LogP contribution in [0.1, 0.15) is 33.9 Å². The largest absolute Gasteiger partial charge is 0.347 e. The molecule has 4 aromatic rings. The normalized spacial score (nSPS) is 17.7. The Morgan fingerprint density at radius 2 is 1.86 bits per heavy atom. The first kappa shape index (κ1) is 22.2. The Morgan fingerprint density at radius 3 is 2.69 bits per heavy atom. The van der Waals surface area contributed by atoms with Gasteiger partial charge in [-0.05, 0) is 38.0 Å². The van der Waals surface area contributed by atoms with E-state index in [2.05, 4.69) is 38.3 Å². The quantitative estimate of drug-likeness (QED) is 0.364. The monoisotopic (exact) mass is 474 g/mol. The maximum absolute atomic E-state index is 13.0. The average Bonchev–Trinajstić information content (AvgIpc) is 3.57. The van der Waals surface area contributed by atoms with Gasteiger partial charge in [0.05, 0.1) is 5.69 Å². The molecule has 0 amide bonds. The van der Waals surface area contributed by atoms with E-state index < -0.39 is 0 Å². The minimum Gasteiger partial charge on any atom is -0.347 e. The van der Waals surface area contributed by atoms with Gasteiger partial charge in [0.2, 0.25) is 5.78 Å². The topological polar surface area (TPSA) is 69.2 Å². The van der Waals surface area contributed by atoms with Gasteiger partial charge in [-0.1, -0.05) is 48.6 Å². The number of hydrogen-bond acceptors (Lipinski definition) is 4. The molecule has 178 valence electrons. The molecule has 1 unspecified atom stereocenters. The number of ketones is 2. The van der Waals surface area contributed by atoms with Gasteiger partial charge in [-0.3, -0.25) is 9.59 Å². The van der Waals surface area contributed by atoms with E-state index in [1.807, 2.05) is 55.6 Å². The van der Waals surface area contributed by atoms with Crippen LogP contribution in [0.15, 0.2) is 84.1 Å². The summed E-state index contributed by atoms with van der Waals surface area (Å²) >= 11 is 0. The van der Waals surface area contributed by atoms with Gasteiger partial charge in [0.1, 0.15) is 11.5 Å². The highest BCUT2D eigenvalue weighted by Crippen LogP contribution is 2.36. The second-order valence-corrected chi connectivity index (χ2v) is 9.41. The predicted molar refractivity (Wildman–Crippen MR) is 142 cm³/mol. The molecule has 0 saturated carbocycles. The Kier molecular flexibility index (Phi) is 5.37. The number of fused-ring (bicyclic) bond motifs is 6. The lowest BCUT2D eigenvalue weighted by atomic mass is 9.85. The summed E-state index contributed by atoms with van der Waals surface area (Å²) in [5.41, 5.74) is 6.75. The van der Waals surface area contributed by atoms with Crippen molar-refractivity contribution in [1.82, 2.24) is 14.1 Å². The number of benzene rings is 2. The molecule has 0 radical (unpaired) electrons. The first-order chi connectivity index (χ1) is 17.5. The van der Waals surface area contributed by atoms with Crippen LogP contribution in [0.5, 0.6) is 0 Å². The van der Waals surface area contributed by atoms with Gasteiger partial charge in [-0.25, -0.2) is 9.98 Å². The minimum absolute atomic E-state index is 0.00120. The van der Waals surface area contributed by atoms with Gasteiger partial charge >= 0.3 is 0 Å². The number of hydrogen-bond donors (Lipinski definition) is 0. The van der Waals surface area contributed by atoms with Crippen molar-refractivity contribution < 1.29 is 9.59 Å². The number of nitrogens with zero attached hydrogens (tertiary/aromatic N) is 4. The summed E-state index contributed by atoms with van der Waals surface area (Å²) in [4.78, 5) is 33.1. The highest BCUT2D eigenvalue weighted by atomic mass is 16.1. The highest BCUT2D eigenvalue weighted by molar-refractivity contribution is 6.62. The third-order valence-corrected chi connectivity index (χ3v) is 7.34. The van der Waals surface area contributed by atoms with E-state index in [0.29, 0.717) is 5.71 Å². The Labute approximate surface area is 209 Å². The summed E-state index contributed by atoms with van der Waals surface area (Å²) in [5.74, 6) is 1.30. The van der Waals surface area contributed by atoms with Crippen molar-refractivity contribution in [3.05, 3.63) is 102 Å². The van der Waals surface area contributed by atoms with Gasteiger partial charge in [0.25, 0.3) is 0 Å². The van der Waals surface area contributed by atoms with Crippen LogP contribution in [0.4, 0.5) is 5.69 Å². The van der Waals surface area contributed by atoms with Crippen LogP contribution >= 0.6 is 0 Å². The molecule has 7 rings (SSSR count). The van der Waals surface area contributed by atoms with E-state index in [9.17, 15) is 9.59 Å². The molecule has 0 N–H and O–H groups in total. The Balaban J connectivity index is 0.000000147. The second kappa shape index (κ2) is 8.72. The molecule has 36 heavy (non-hydrogen) atoms. The fraction of sp³-hybridized carbons (Fsp3) is 0.200. The predicted octanol–water partition coefficient (Wildman–Crippen LogP) is 5.42. The molecule has 1 aliphatic heterocycles. The number of carbonyl (C=O) groups is 2. The van der Waals surface area contributed by atoms with E-state index in [1.165, 1.54) is 5.69 Å².